The smallest absolute Gasteiger partial charge is 0.406 e. The Morgan fingerprint density at radius 1 is 1.39 bits per heavy atom. The third-order valence-electron chi connectivity index (χ3n) is 3.44. The molecule has 1 unspecified atom stereocenters. The highest BCUT2D eigenvalue weighted by Crippen LogP contribution is 2.22. The third kappa shape index (κ3) is 2.46. The van der Waals surface area contributed by atoms with Gasteiger partial charge in [0.25, 0.3) is 0 Å². The Hall–Kier alpha value is -0.845. The van der Waals surface area contributed by atoms with Crippen LogP contribution >= 0.6 is 0 Å². The number of ether oxygens (including phenoxy) is 1. The van der Waals surface area contributed by atoms with E-state index in [0.717, 1.165) is 25.2 Å². The van der Waals surface area contributed by atoms with Crippen LogP contribution in [0.3, 0.4) is 0 Å². The van der Waals surface area contributed by atoms with Crippen molar-refractivity contribution in [2.24, 2.45) is 5.41 Å². The second-order valence-corrected chi connectivity index (χ2v) is 5.88. The van der Waals surface area contributed by atoms with Crippen LogP contribution in [0.5, 0.6) is 0 Å². The molecule has 0 spiro atoms. The van der Waals surface area contributed by atoms with Crippen molar-refractivity contribution in [2.75, 3.05) is 26.4 Å². The fraction of sp³-hybridized carbons (Fsp3) is 0.750. The predicted molar refractivity (Wildman–Crippen MR) is 67.8 cm³/mol. The van der Waals surface area contributed by atoms with Crippen molar-refractivity contribution in [3.63, 3.8) is 0 Å². The molecule has 0 bridgehead atoms. The summed E-state index contributed by atoms with van der Waals surface area (Å²) in [5.41, 5.74) is 0.954. The zero-order valence-corrected chi connectivity index (χ0v) is 11.0. The molecule has 1 atom stereocenters. The van der Waals surface area contributed by atoms with Crippen molar-refractivity contribution in [1.29, 1.82) is 0 Å². The average Bonchev–Trinajstić information content (AvgIpc) is 2.99. The van der Waals surface area contributed by atoms with E-state index < -0.39 is 0 Å². The predicted octanol–water partition coefficient (Wildman–Crippen LogP) is 0.613. The van der Waals surface area contributed by atoms with Gasteiger partial charge in [-0.15, -0.1) is 0 Å². The van der Waals surface area contributed by atoms with Gasteiger partial charge in [0, 0.05) is 31.4 Å². The van der Waals surface area contributed by atoms with E-state index in [1.807, 2.05) is 12.5 Å². The highest BCUT2D eigenvalue weighted by molar-refractivity contribution is 6.60. The van der Waals surface area contributed by atoms with E-state index >= 15 is 0 Å². The molecule has 0 aromatic carbocycles. The van der Waals surface area contributed by atoms with Gasteiger partial charge in [-0.25, -0.2) is 4.98 Å². The molecule has 2 aliphatic heterocycles. The maximum atomic E-state index is 5.73. The van der Waals surface area contributed by atoms with Crippen molar-refractivity contribution in [3.05, 3.63) is 12.5 Å². The number of hydrogen-bond acceptors (Lipinski definition) is 4. The van der Waals surface area contributed by atoms with E-state index in [1.165, 1.54) is 0 Å². The van der Waals surface area contributed by atoms with E-state index in [0.29, 0.717) is 19.3 Å². The largest absolute Gasteiger partial charge is 0.515 e. The number of hydrogen-bond donors (Lipinski definition) is 0. The molecule has 3 heterocycles. The molecule has 18 heavy (non-hydrogen) atoms. The molecule has 1 aromatic heterocycles. The Balaban J connectivity index is 1.66. The molecule has 6 heteroatoms. The number of aromatic nitrogens is 2. The summed E-state index contributed by atoms with van der Waals surface area (Å²) in [5.74, 6) is 0. The molecule has 0 radical (unpaired) electrons. The van der Waals surface area contributed by atoms with Crippen LogP contribution in [0, 0.1) is 5.41 Å². The first kappa shape index (κ1) is 12.2. The quantitative estimate of drug-likeness (QED) is 0.721. The lowest BCUT2D eigenvalue weighted by Crippen LogP contribution is -2.47. The molecular weight excluding hydrogens is 231 g/mol. The summed E-state index contributed by atoms with van der Waals surface area (Å²) in [7, 11) is -0.318. The third-order valence-corrected chi connectivity index (χ3v) is 3.44. The molecule has 1 aromatic rings. The lowest BCUT2D eigenvalue weighted by molar-refractivity contribution is 0.0340. The van der Waals surface area contributed by atoms with Gasteiger partial charge < -0.3 is 18.6 Å². The van der Waals surface area contributed by atoms with Gasteiger partial charge in [-0.1, -0.05) is 13.8 Å². The SMILES string of the molecule is CC1(C)COB(c2cn(C3CCOC3)cn2)OC1. The summed E-state index contributed by atoms with van der Waals surface area (Å²) in [5, 5.41) is 0. The Morgan fingerprint density at radius 3 is 2.83 bits per heavy atom. The van der Waals surface area contributed by atoms with Gasteiger partial charge >= 0.3 is 7.12 Å². The molecule has 0 N–H and O–H groups in total. The van der Waals surface area contributed by atoms with Crippen molar-refractivity contribution in [2.45, 2.75) is 26.3 Å². The molecule has 5 nitrogen and oxygen atoms in total. The lowest BCUT2D eigenvalue weighted by atomic mass is 9.80. The maximum absolute atomic E-state index is 5.73. The Labute approximate surface area is 108 Å². The minimum absolute atomic E-state index is 0.0956. The molecule has 98 valence electrons. The van der Waals surface area contributed by atoms with Crippen LogP contribution in [-0.4, -0.2) is 43.1 Å². The van der Waals surface area contributed by atoms with Crippen LogP contribution in [0.25, 0.3) is 0 Å². The number of rotatable bonds is 2. The van der Waals surface area contributed by atoms with E-state index in [4.69, 9.17) is 14.0 Å². The highest BCUT2D eigenvalue weighted by Gasteiger charge is 2.35. The van der Waals surface area contributed by atoms with Gasteiger partial charge in [0.15, 0.2) is 0 Å². The fourth-order valence-electron chi connectivity index (χ4n) is 2.29. The van der Waals surface area contributed by atoms with E-state index in [2.05, 4.69) is 23.4 Å². The van der Waals surface area contributed by atoms with Crippen LogP contribution in [0.4, 0.5) is 0 Å². The molecule has 2 saturated heterocycles. The monoisotopic (exact) mass is 250 g/mol. The zero-order valence-electron chi connectivity index (χ0n) is 11.0. The fourth-order valence-corrected chi connectivity index (χ4v) is 2.29. The van der Waals surface area contributed by atoms with Crippen molar-refractivity contribution >= 4 is 12.7 Å². The summed E-state index contributed by atoms with van der Waals surface area (Å²) in [6.45, 7) is 7.29. The second-order valence-electron chi connectivity index (χ2n) is 5.88. The molecule has 3 rings (SSSR count). The zero-order chi connectivity index (χ0) is 12.6. The van der Waals surface area contributed by atoms with Gasteiger partial charge in [-0.3, -0.25) is 0 Å². The Kier molecular flexibility index (Phi) is 3.17. The standard InChI is InChI=1S/C12H19BN2O3/c1-12(2)7-17-13(18-8-12)11-5-15(9-14-11)10-3-4-16-6-10/h5,9-10H,3-4,6-8H2,1-2H3. The highest BCUT2D eigenvalue weighted by atomic mass is 16.6. The van der Waals surface area contributed by atoms with E-state index in [9.17, 15) is 0 Å². The minimum Gasteiger partial charge on any atom is -0.406 e. The Morgan fingerprint density at radius 2 is 2.17 bits per heavy atom. The van der Waals surface area contributed by atoms with Gasteiger partial charge in [-0.2, -0.15) is 0 Å². The molecule has 2 fully saturated rings. The van der Waals surface area contributed by atoms with Crippen molar-refractivity contribution < 1.29 is 14.0 Å². The van der Waals surface area contributed by atoms with Gasteiger partial charge in [0.2, 0.25) is 0 Å². The van der Waals surface area contributed by atoms with E-state index in [1.54, 1.807) is 0 Å². The molecule has 2 aliphatic rings. The summed E-state index contributed by atoms with van der Waals surface area (Å²) in [6.07, 6.45) is 4.92. The first-order valence-corrected chi connectivity index (χ1v) is 6.48. The van der Waals surface area contributed by atoms with Crippen LogP contribution in [-0.2, 0) is 14.0 Å². The van der Waals surface area contributed by atoms with Crippen LogP contribution < -0.4 is 5.59 Å². The summed E-state index contributed by atoms with van der Waals surface area (Å²) < 4.78 is 18.9. The normalized spacial score (nSPS) is 27.7. The summed E-state index contributed by atoms with van der Waals surface area (Å²) in [6, 6.07) is 0.409. The molecule has 0 amide bonds. The average molecular weight is 250 g/mol. The van der Waals surface area contributed by atoms with Gasteiger partial charge in [0.1, 0.15) is 0 Å². The van der Waals surface area contributed by atoms with E-state index in [-0.39, 0.29) is 12.5 Å². The first-order valence-electron chi connectivity index (χ1n) is 6.48. The topological polar surface area (TPSA) is 45.5 Å². The molecule has 0 saturated carbocycles. The summed E-state index contributed by atoms with van der Waals surface area (Å²) >= 11 is 0. The summed E-state index contributed by atoms with van der Waals surface area (Å²) in [4.78, 5) is 4.39. The Bertz CT molecular complexity index is 405. The lowest BCUT2D eigenvalue weighted by Gasteiger charge is -2.32. The van der Waals surface area contributed by atoms with Crippen molar-refractivity contribution in [1.82, 2.24) is 9.55 Å². The molecule has 0 aliphatic carbocycles. The first-order chi connectivity index (χ1) is 8.64. The van der Waals surface area contributed by atoms with Gasteiger partial charge in [-0.05, 0) is 6.42 Å². The molecular formula is C12H19BN2O3. The van der Waals surface area contributed by atoms with Crippen LogP contribution in [0.1, 0.15) is 26.3 Å². The van der Waals surface area contributed by atoms with Crippen LogP contribution in [0.2, 0.25) is 0 Å². The maximum Gasteiger partial charge on any atom is 0.515 e. The number of nitrogens with zero attached hydrogens (tertiary/aromatic N) is 2. The number of imidazole rings is 1. The minimum atomic E-state index is -0.318. The van der Waals surface area contributed by atoms with Crippen molar-refractivity contribution in [3.8, 4) is 0 Å². The van der Waals surface area contributed by atoms with Gasteiger partial charge in [0.05, 0.1) is 24.6 Å². The second kappa shape index (κ2) is 4.68. The van der Waals surface area contributed by atoms with Crippen LogP contribution in [0.15, 0.2) is 12.5 Å².